The molecule has 5 nitrogen and oxygen atoms in total. The van der Waals surface area contributed by atoms with Crippen molar-refractivity contribution in [2.24, 2.45) is 4.99 Å². The molecule has 3 rings (SSSR count). The first-order valence-corrected chi connectivity index (χ1v) is 9.58. The molecule has 1 aromatic carbocycles. The highest BCUT2D eigenvalue weighted by molar-refractivity contribution is 14.0. The predicted octanol–water partition coefficient (Wildman–Crippen LogP) is 4.07. The van der Waals surface area contributed by atoms with Crippen molar-refractivity contribution < 1.29 is 0 Å². The van der Waals surface area contributed by atoms with Gasteiger partial charge in [-0.3, -0.25) is 4.99 Å². The molecule has 3 aromatic rings. The third-order valence-corrected chi connectivity index (χ3v) is 5.01. The fourth-order valence-electron chi connectivity index (χ4n) is 2.79. The Morgan fingerprint density at radius 3 is 2.88 bits per heavy atom. The molecule has 0 saturated heterocycles. The normalized spacial score (nSPS) is 12.6. The lowest BCUT2D eigenvalue weighted by atomic mass is 10.1. The van der Waals surface area contributed by atoms with Gasteiger partial charge in [-0.05, 0) is 46.9 Å². The highest BCUT2D eigenvalue weighted by Crippen LogP contribution is 2.17. The van der Waals surface area contributed by atoms with E-state index in [2.05, 4.69) is 61.1 Å². The maximum atomic E-state index is 4.43. The van der Waals surface area contributed by atoms with E-state index in [-0.39, 0.29) is 24.0 Å². The van der Waals surface area contributed by atoms with Gasteiger partial charge in [0.25, 0.3) is 0 Å². The first-order chi connectivity index (χ1) is 12.3. The smallest absolute Gasteiger partial charge is 0.190 e. The Balaban J connectivity index is 0.00000243. The number of fused-ring (bicyclic) bond motifs is 1. The van der Waals surface area contributed by atoms with Crippen molar-refractivity contribution in [3.8, 4) is 0 Å². The van der Waals surface area contributed by atoms with Gasteiger partial charge < -0.3 is 15.2 Å². The molecule has 0 aliphatic carbocycles. The lowest BCUT2D eigenvalue weighted by Gasteiger charge is -2.15. The number of imidazole rings is 1. The van der Waals surface area contributed by atoms with Crippen molar-refractivity contribution >= 4 is 52.3 Å². The van der Waals surface area contributed by atoms with E-state index in [4.69, 9.17) is 0 Å². The number of rotatable bonds is 7. The Kier molecular flexibility index (Phi) is 8.37. The lowest BCUT2D eigenvalue weighted by Crippen LogP contribution is -2.39. The summed E-state index contributed by atoms with van der Waals surface area (Å²) in [6, 6.07) is 10.4. The third kappa shape index (κ3) is 5.44. The van der Waals surface area contributed by atoms with Crippen LogP contribution in [0.2, 0.25) is 0 Å². The molecule has 1 atom stereocenters. The highest BCUT2D eigenvalue weighted by Gasteiger charge is 2.07. The van der Waals surface area contributed by atoms with Gasteiger partial charge in [0, 0.05) is 26.7 Å². The molecule has 2 N–H and O–H groups in total. The zero-order valence-electron chi connectivity index (χ0n) is 15.2. The van der Waals surface area contributed by atoms with Crippen molar-refractivity contribution in [1.82, 2.24) is 20.2 Å². The summed E-state index contributed by atoms with van der Waals surface area (Å²) in [7, 11) is 1.81. The molecule has 0 amide bonds. The van der Waals surface area contributed by atoms with Crippen molar-refractivity contribution in [2.75, 3.05) is 20.1 Å². The van der Waals surface area contributed by atoms with Crippen LogP contribution in [-0.4, -0.2) is 35.6 Å². The van der Waals surface area contributed by atoms with Crippen LogP contribution in [0.4, 0.5) is 0 Å². The zero-order chi connectivity index (χ0) is 17.5. The van der Waals surface area contributed by atoms with Gasteiger partial charge in [-0.2, -0.15) is 11.3 Å². The Bertz CT molecular complexity index is 812. The van der Waals surface area contributed by atoms with E-state index < -0.39 is 0 Å². The molecule has 0 aliphatic heterocycles. The summed E-state index contributed by atoms with van der Waals surface area (Å²) in [6.07, 6.45) is 2.93. The molecule has 26 heavy (non-hydrogen) atoms. The Morgan fingerprint density at radius 1 is 1.27 bits per heavy atom. The minimum Gasteiger partial charge on any atom is -0.356 e. The maximum Gasteiger partial charge on any atom is 0.190 e. The third-order valence-electron chi connectivity index (χ3n) is 4.31. The van der Waals surface area contributed by atoms with Crippen LogP contribution >= 0.6 is 35.3 Å². The number of aryl methyl sites for hydroxylation is 1. The Labute approximate surface area is 176 Å². The predicted molar refractivity (Wildman–Crippen MR) is 122 cm³/mol. The SMILES string of the molecule is CN=C(NCCCn1cnc2ccccc21)NCC(C)c1ccsc1.I. The topological polar surface area (TPSA) is 54.2 Å². The van der Waals surface area contributed by atoms with Crippen LogP contribution in [0.5, 0.6) is 0 Å². The van der Waals surface area contributed by atoms with Gasteiger partial charge in [-0.1, -0.05) is 19.1 Å². The van der Waals surface area contributed by atoms with Gasteiger partial charge in [0.2, 0.25) is 0 Å². The fourth-order valence-corrected chi connectivity index (χ4v) is 3.57. The van der Waals surface area contributed by atoms with E-state index in [1.165, 1.54) is 11.1 Å². The van der Waals surface area contributed by atoms with E-state index >= 15 is 0 Å². The van der Waals surface area contributed by atoms with Crippen LogP contribution in [0.1, 0.15) is 24.8 Å². The highest BCUT2D eigenvalue weighted by atomic mass is 127. The Morgan fingerprint density at radius 2 is 2.12 bits per heavy atom. The monoisotopic (exact) mass is 483 g/mol. The molecule has 140 valence electrons. The van der Waals surface area contributed by atoms with Crippen LogP contribution in [0.3, 0.4) is 0 Å². The van der Waals surface area contributed by atoms with E-state index in [1.54, 1.807) is 11.3 Å². The molecule has 0 aliphatic rings. The second-order valence-corrected chi connectivity index (χ2v) is 6.90. The fraction of sp³-hybridized carbons (Fsp3) is 0.368. The van der Waals surface area contributed by atoms with Crippen molar-refractivity contribution in [1.29, 1.82) is 0 Å². The molecule has 0 spiro atoms. The summed E-state index contributed by atoms with van der Waals surface area (Å²) >= 11 is 1.74. The zero-order valence-corrected chi connectivity index (χ0v) is 18.3. The van der Waals surface area contributed by atoms with Crippen molar-refractivity contribution in [3.63, 3.8) is 0 Å². The molecule has 0 bridgehead atoms. The molecule has 1 unspecified atom stereocenters. The molecule has 0 fully saturated rings. The molecule has 2 heterocycles. The Hall–Kier alpha value is -1.61. The number of guanidine groups is 1. The number of para-hydroxylation sites is 2. The number of nitrogens with one attached hydrogen (secondary N) is 2. The number of nitrogens with zero attached hydrogens (tertiary/aromatic N) is 3. The second kappa shape index (κ2) is 10.5. The standard InChI is InChI=1S/C19H25N5S.HI/c1-15(16-8-11-25-13-16)12-22-19(20-2)21-9-5-10-24-14-23-17-6-3-4-7-18(17)24;/h3-4,6-8,11,13-15H,5,9-10,12H2,1-2H3,(H2,20,21,22);1H. The van der Waals surface area contributed by atoms with Crippen molar-refractivity contribution in [3.05, 3.63) is 53.0 Å². The van der Waals surface area contributed by atoms with Crippen LogP contribution in [0.25, 0.3) is 11.0 Å². The molecule has 2 aromatic heterocycles. The largest absolute Gasteiger partial charge is 0.356 e. The molecule has 0 saturated carbocycles. The molecular formula is C19H26IN5S. The molecule has 7 heteroatoms. The van der Waals surface area contributed by atoms with Crippen LogP contribution in [0, 0.1) is 0 Å². The minimum absolute atomic E-state index is 0. The average molecular weight is 483 g/mol. The van der Waals surface area contributed by atoms with Gasteiger partial charge in [0.1, 0.15) is 0 Å². The number of hydrogen-bond donors (Lipinski definition) is 2. The summed E-state index contributed by atoms with van der Waals surface area (Å²) in [4.78, 5) is 8.73. The molecule has 0 radical (unpaired) electrons. The summed E-state index contributed by atoms with van der Waals surface area (Å²) in [5.74, 6) is 1.33. The minimum atomic E-state index is 0. The van der Waals surface area contributed by atoms with E-state index in [0.717, 1.165) is 37.5 Å². The van der Waals surface area contributed by atoms with Crippen molar-refractivity contribution in [2.45, 2.75) is 25.8 Å². The number of halogens is 1. The first-order valence-electron chi connectivity index (χ1n) is 8.64. The maximum absolute atomic E-state index is 4.43. The summed E-state index contributed by atoms with van der Waals surface area (Å²) < 4.78 is 2.20. The van der Waals surface area contributed by atoms with E-state index in [1.807, 2.05) is 25.5 Å². The van der Waals surface area contributed by atoms with Gasteiger partial charge >= 0.3 is 0 Å². The van der Waals surface area contributed by atoms with Crippen LogP contribution in [-0.2, 0) is 6.54 Å². The number of thiophene rings is 1. The van der Waals surface area contributed by atoms with E-state index in [9.17, 15) is 0 Å². The quantitative estimate of drug-likeness (QED) is 0.231. The van der Waals surface area contributed by atoms with Gasteiger partial charge in [0.15, 0.2) is 5.96 Å². The molecular weight excluding hydrogens is 457 g/mol. The number of hydrogen-bond acceptors (Lipinski definition) is 3. The number of benzene rings is 1. The van der Waals surface area contributed by atoms with Crippen LogP contribution < -0.4 is 10.6 Å². The average Bonchev–Trinajstić information content (AvgIpc) is 3.31. The summed E-state index contributed by atoms with van der Waals surface area (Å²) in [5.41, 5.74) is 3.62. The van der Waals surface area contributed by atoms with Gasteiger partial charge in [-0.15, -0.1) is 24.0 Å². The summed E-state index contributed by atoms with van der Waals surface area (Å²) in [5, 5.41) is 11.1. The number of aliphatic imine (C=N–C) groups is 1. The van der Waals surface area contributed by atoms with Crippen LogP contribution in [0.15, 0.2) is 52.4 Å². The summed E-state index contributed by atoms with van der Waals surface area (Å²) in [6.45, 7) is 4.92. The van der Waals surface area contributed by atoms with Gasteiger partial charge in [0.05, 0.1) is 17.4 Å². The van der Waals surface area contributed by atoms with Gasteiger partial charge in [-0.25, -0.2) is 4.98 Å². The second-order valence-electron chi connectivity index (χ2n) is 6.12. The first kappa shape index (κ1) is 20.7. The lowest BCUT2D eigenvalue weighted by molar-refractivity contribution is 0.631. The number of aromatic nitrogens is 2. The van der Waals surface area contributed by atoms with E-state index in [0.29, 0.717) is 5.92 Å².